The quantitative estimate of drug-likeness (QED) is 0.824. The third-order valence-electron chi connectivity index (χ3n) is 2.35. The Morgan fingerprint density at radius 3 is 2.50 bits per heavy atom. The topological polar surface area (TPSA) is 75.3 Å². The van der Waals surface area contributed by atoms with Crippen molar-refractivity contribution in [2.24, 2.45) is 0 Å². The van der Waals surface area contributed by atoms with E-state index in [2.05, 4.69) is 10.0 Å². The van der Waals surface area contributed by atoms with Gasteiger partial charge in [0.25, 0.3) is 5.91 Å². The van der Waals surface area contributed by atoms with E-state index in [4.69, 9.17) is 0 Å². The largest absolute Gasteiger partial charge is 0.352 e. The molecule has 1 aromatic rings. The molecule has 0 radical (unpaired) electrons. The van der Waals surface area contributed by atoms with Crippen molar-refractivity contribution in [2.45, 2.75) is 20.3 Å². The van der Waals surface area contributed by atoms with E-state index in [1.165, 1.54) is 0 Å². The first kappa shape index (κ1) is 14.5. The highest BCUT2D eigenvalue weighted by molar-refractivity contribution is 7.92. The standard InChI is InChI=1S/C12H18N2O3S/c1-3-9-13-12(15)10-7-5-6-8-11(10)14-18(16,17)4-2/h5-8,14H,3-4,9H2,1-2H3,(H,13,15). The van der Waals surface area contributed by atoms with Crippen molar-refractivity contribution < 1.29 is 13.2 Å². The molecule has 0 heterocycles. The van der Waals surface area contributed by atoms with Crippen LogP contribution in [-0.4, -0.2) is 26.6 Å². The number of amides is 1. The Morgan fingerprint density at radius 1 is 1.22 bits per heavy atom. The number of benzene rings is 1. The van der Waals surface area contributed by atoms with E-state index in [-0.39, 0.29) is 11.7 Å². The normalized spacial score (nSPS) is 11.0. The van der Waals surface area contributed by atoms with E-state index in [0.29, 0.717) is 17.8 Å². The molecule has 1 rings (SSSR count). The molecular formula is C12H18N2O3S. The van der Waals surface area contributed by atoms with Crippen molar-refractivity contribution in [3.05, 3.63) is 29.8 Å². The molecule has 0 fully saturated rings. The van der Waals surface area contributed by atoms with Crippen LogP contribution in [0, 0.1) is 0 Å². The third kappa shape index (κ3) is 4.03. The van der Waals surface area contributed by atoms with Gasteiger partial charge in [0.05, 0.1) is 17.0 Å². The lowest BCUT2D eigenvalue weighted by molar-refractivity contribution is 0.0954. The molecule has 0 bridgehead atoms. The number of nitrogens with one attached hydrogen (secondary N) is 2. The number of carbonyl (C=O) groups is 1. The molecule has 0 saturated carbocycles. The number of rotatable bonds is 6. The van der Waals surface area contributed by atoms with Crippen molar-refractivity contribution >= 4 is 21.6 Å². The Hall–Kier alpha value is -1.56. The number of hydrogen-bond donors (Lipinski definition) is 2. The van der Waals surface area contributed by atoms with Crippen molar-refractivity contribution in [3.63, 3.8) is 0 Å². The van der Waals surface area contributed by atoms with Gasteiger partial charge in [-0.25, -0.2) is 8.42 Å². The molecule has 100 valence electrons. The van der Waals surface area contributed by atoms with Crippen molar-refractivity contribution in [1.82, 2.24) is 5.32 Å². The highest BCUT2D eigenvalue weighted by Gasteiger charge is 2.14. The minimum absolute atomic E-state index is 0.0298. The van der Waals surface area contributed by atoms with Crippen molar-refractivity contribution in [1.29, 1.82) is 0 Å². The van der Waals surface area contributed by atoms with Crippen LogP contribution < -0.4 is 10.0 Å². The van der Waals surface area contributed by atoms with Gasteiger partial charge in [-0.3, -0.25) is 9.52 Å². The summed E-state index contributed by atoms with van der Waals surface area (Å²) in [6.07, 6.45) is 0.828. The average Bonchev–Trinajstić information content (AvgIpc) is 2.36. The predicted molar refractivity (Wildman–Crippen MR) is 72.1 cm³/mol. The summed E-state index contributed by atoms with van der Waals surface area (Å²) < 4.78 is 25.4. The first-order chi connectivity index (χ1) is 8.50. The molecule has 0 unspecified atom stereocenters. The summed E-state index contributed by atoms with van der Waals surface area (Å²) in [6.45, 7) is 4.06. The van der Waals surface area contributed by atoms with E-state index in [0.717, 1.165) is 6.42 Å². The molecule has 0 aliphatic rings. The van der Waals surface area contributed by atoms with Crippen LogP contribution in [0.25, 0.3) is 0 Å². The Kier molecular flexibility index (Phi) is 5.15. The van der Waals surface area contributed by atoms with E-state index in [9.17, 15) is 13.2 Å². The Bertz CT molecular complexity index is 512. The van der Waals surface area contributed by atoms with Crippen LogP contribution in [0.5, 0.6) is 0 Å². The molecular weight excluding hydrogens is 252 g/mol. The van der Waals surface area contributed by atoms with Crippen molar-refractivity contribution in [3.8, 4) is 0 Å². The molecule has 0 atom stereocenters. The van der Waals surface area contributed by atoms with Crippen molar-refractivity contribution in [2.75, 3.05) is 17.0 Å². The summed E-state index contributed by atoms with van der Waals surface area (Å²) >= 11 is 0. The molecule has 0 aliphatic carbocycles. The van der Waals surface area contributed by atoms with Gasteiger partial charge in [0.2, 0.25) is 10.0 Å². The monoisotopic (exact) mass is 270 g/mol. The van der Waals surface area contributed by atoms with E-state index in [1.807, 2.05) is 6.92 Å². The highest BCUT2D eigenvalue weighted by atomic mass is 32.2. The molecule has 0 spiro atoms. The van der Waals surface area contributed by atoms with Gasteiger partial charge in [-0.05, 0) is 25.5 Å². The zero-order valence-corrected chi connectivity index (χ0v) is 11.4. The molecule has 5 nitrogen and oxygen atoms in total. The molecule has 2 N–H and O–H groups in total. The smallest absolute Gasteiger partial charge is 0.253 e. The fraction of sp³-hybridized carbons (Fsp3) is 0.417. The summed E-state index contributed by atoms with van der Waals surface area (Å²) in [7, 11) is -3.38. The molecule has 1 aromatic carbocycles. The molecule has 0 aromatic heterocycles. The maximum Gasteiger partial charge on any atom is 0.253 e. The van der Waals surface area contributed by atoms with Gasteiger partial charge in [-0.15, -0.1) is 0 Å². The zero-order valence-electron chi connectivity index (χ0n) is 10.6. The lowest BCUT2D eigenvalue weighted by atomic mass is 10.1. The van der Waals surface area contributed by atoms with Gasteiger partial charge < -0.3 is 5.32 Å². The molecule has 0 saturated heterocycles. The fourth-order valence-corrected chi connectivity index (χ4v) is 2.00. The zero-order chi connectivity index (χ0) is 13.6. The fourth-order valence-electron chi connectivity index (χ4n) is 1.34. The maximum absolute atomic E-state index is 11.9. The minimum Gasteiger partial charge on any atom is -0.352 e. The van der Waals surface area contributed by atoms with Gasteiger partial charge in [-0.2, -0.15) is 0 Å². The summed E-state index contributed by atoms with van der Waals surface area (Å²) in [4.78, 5) is 11.9. The lowest BCUT2D eigenvalue weighted by Gasteiger charge is -2.11. The van der Waals surface area contributed by atoms with Crippen LogP contribution in [0.3, 0.4) is 0 Å². The van der Waals surface area contributed by atoms with Crippen LogP contribution in [0.15, 0.2) is 24.3 Å². The third-order valence-corrected chi connectivity index (χ3v) is 3.64. The minimum atomic E-state index is -3.38. The summed E-state index contributed by atoms with van der Waals surface area (Å²) in [5.74, 6) is -0.302. The summed E-state index contributed by atoms with van der Waals surface area (Å²) in [5.41, 5.74) is 0.649. The maximum atomic E-state index is 11.9. The molecule has 1 amide bonds. The van der Waals surface area contributed by atoms with Crippen LogP contribution in [-0.2, 0) is 10.0 Å². The Labute approximate surface area is 108 Å². The number of anilines is 1. The number of carbonyl (C=O) groups excluding carboxylic acids is 1. The second-order valence-corrected chi connectivity index (χ2v) is 5.82. The summed E-state index contributed by atoms with van der Waals surface area (Å²) in [5, 5.41) is 2.72. The van der Waals surface area contributed by atoms with Gasteiger partial charge >= 0.3 is 0 Å². The van der Waals surface area contributed by atoms with Gasteiger partial charge in [0, 0.05) is 6.54 Å². The van der Waals surface area contributed by atoms with Crippen LogP contribution in [0.2, 0.25) is 0 Å². The van der Waals surface area contributed by atoms with Gasteiger partial charge in [0.1, 0.15) is 0 Å². The second-order valence-electron chi connectivity index (χ2n) is 3.81. The number of sulfonamides is 1. The molecule has 6 heteroatoms. The SMILES string of the molecule is CCCNC(=O)c1ccccc1NS(=O)(=O)CC. The van der Waals surface area contributed by atoms with Gasteiger partial charge in [0.15, 0.2) is 0 Å². The first-order valence-corrected chi connectivity index (χ1v) is 7.53. The molecule has 18 heavy (non-hydrogen) atoms. The Morgan fingerprint density at radius 2 is 1.89 bits per heavy atom. The average molecular weight is 270 g/mol. The predicted octanol–water partition coefficient (Wildman–Crippen LogP) is 1.59. The van der Waals surface area contributed by atoms with Crippen LogP contribution in [0.1, 0.15) is 30.6 Å². The Balaban J connectivity index is 2.96. The first-order valence-electron chi connectivity index (χ1n) is 5.88. The van der Waals surface area contributed by atoms with Crippen LogP contribution >= 0.6 is 0 Å². The highest BCUT2D eigenvalue weighted by Crippen LogP contribution is 2.16. The second kappa shape index (κ2) is 6.39. The van der Waals surface area contributed by atoms with E-state index in [1.54, 1.807) is 31.2 Å². The number of hydrogen-bond acceptors (Lipinski definition) is 3. The van der Waals surface area contributed by atoms with E-state index < -0.39 is 10.0 Å². The lowest BCUT2D eigenvalue weighted by Crippen LogP contribution is -2.26. The summed E-state index contributed by atoms with van der Waals surface area (Å²) in [6, 6.07) is 6.56. The number of para-hydroxylation sites is 1. The molecule has 0 aliphatic heterocycles. The van der Waals surface area contributed by atoms with Crippen LogP contribution in [0.4, 0.5) is 5.69 Å². The van der Waals surface area contributed by atoms with E-state index >= 15 is 0 Å². The van der Waals surface area contributed by atoms with Gasteiger partial charge in [-0.1, -0.05) is 19.1 Å².